The average molecular weight is 539 g/mol. The zero-order chi connectivity index (χ0) is 27.9. The molecule has 0 radical (unpaired) electrons. The van der Waals surface area contributed by atoms with Crippen molar-refractivity contribution in [2.24, 2.45) is 23.2 Å². The molecule has 0 spiro atoms. The van der Waals surface area contributed by atoms with Gasteiger partial charge in [0, 0.05) is 38.2 Å². The summed E-state index contributed by atoms with van der Waals surface area (Å²) in [6.45, 7) is 3.63. The molecule has 4 amide bonds. The van der Waals surface area contributed by atoms with E-state index < -0.39 is 71.3 Å². The fourth-order valence-electron chi connectivity index (χ4n) is 5.65. The Labute approximate surface area is 216 Å². The van der Waals surface area contributed by atoms with E-state index in [4.69, 9.17) is 4.74 Å². The minimum absolute atomic E-state index is 0.0461. The van der Waals surface area contributed by atoms with Gasteiger partial charge in [-0.05, 0) is 30.1 Å². The fraction of sp³-hybridized carbons (Fsp3) is 0.560. The number of likely N-dealkylation sites (tertiary alicyclic amines) is 1. The second kappa shape index (κ2) is 10.3. The number of benzene rings is 1. The Balaban J connectivity index is 1.50. The highest BCUT2D eigenvalue weighted by molar-refractivity contribution is 6.38. The molecule has 3 N–H and O–H groups in total. The van der Waals surface area contributed by atoms with Crippen molar-refractivity contribution >= 4 is 29.4 Å². The van der Waals surface area contributed by atoms with Crippen molar-refractivity contribution < 1.29 is 41.9 Å². The van der Waals surface area contributed by atoms with E-state index >= 15 is 0 Å². The molecular formula is C25H29F3N4O6. The minimum atomic E-state index is -1.32. The number of amides is 4. The van der Waals surface area contributed by atoms with Crippen molar-refractivity contribution in [1.29, 1.82) is 0 Å². The largest absolute Gasteiger partial charge is 0.478 e. The summed E-state index contributed by atoms with van der Waals surface area (Å²) < 4.78 is 46.0. The Morgan fingerprint density at radius 1 is 1.18 bits per heavy atom. The van der Waals surface area contributed by atoms with Crippen LogP contribution in [0, 0.1) is 40.6 Å². The lowest BCUT2D eigenvalue weighted by Gasteiger charge is -2.31. The molecule has 1 aliphatic carbocycles. The number of nitrogens with zero attached hydrogens (tertiary/aromatic N) is 1. The third kappa shape index (κ3) is 5.05. The molecule has 2 aliphatic heterocycles. The van der Waals surface area contributed by atoms with E-state index in [0.717, 1.165) is 0 Å². The number of carbonyl (C=O) groups excluding carboxylic acids is 5. The first-order valence-electron chi connectivity index (χ1n) is 12.3. The number of piperidine rings is 1. The van der Waals surface area contributed by atoms with E-state index in [-0.39, 0.29) is 36.1 Å². The lowest BCUT2D eigenvalue weighted by atomic mass is 9.94. The quantitative estimate of drug-likeness (QED) is 0.387. The van der Waals surface area contributed by atoms with Crippen LogP contribution in [0.2, 0.25) is 0 Å². The number of halogens is 3. The maximum atomic E-state index is 13.9. The molecule has 1 aromatic carbocycles. The van der Waals surface area contributed by atoms with Crippen molar-refractivity contribution in [3.63, 3.8) is 0 Å². The molecule has 3 fully saturated rings. The highest BCUT2D eigenvalue weighted by Gasteiger charge is 2.69. The summed E-state index contributed by atoms with van der Waals surface area (Å²) in [5.41, 5.74) is -0.291. The Morgan fingerprint density at radius 3 is 2.42 bits per heavy atom. The summed E-state index contributed by atoms with van der Waals surface area (Å²) in [7, 11) is 1.27. The van der Waals surface area contributed by atoms with Crippen molar-refractivity contribution in [1.82, 2.24) is 20.9 Å². The Kier molecular flexibility index (Phi) is 7.39. The van der Waals surface area contributed by atoms with Crippen LogP contribution in [0.15, 0.2) is 12.1 Å². The van der Waals surface area contributed by atoms with Crippen LogP contribution in [0.5, 0.6) is 5.75 Å². The van der Waals surface area contributed by atoms with Gasteiger partial charge in [0.1, 0.15) is 11.9 Å². The number of nitrogens with one attached hydrogen (secondary N) is 3. The van der Waals surface area contributed by atoms with Gasteiger partial charge in [0.2, 0.25) is 17.6 Å². The molecule has 1 saturated carbocycles. The maximum Gasteiger partial charge on any atom is 0.289 e. The molecule has 1 unspecified atom stereocenters. The van der Waals surface area contributed by atoms with Gasteiger partial charge in [-0.1, -0.05) is 13.8 Å². The third-order valence-corrected chi connectivity index (χ3v) is 7.87. The van der Waals surface area contributed by atoms with Gasteiger partial charge in [0.15, 0.2) is 24.0 Å². The van der Waals surface area contributed by atoms with Gasteiger partial charge in [-0.3, -0.25) is 24.0 Å². The Bertz CT molecular complexity index is 1170. The van der Waals surface area contributed by atoms with Crippen molar-refractivity contribution in [2.75, 3.05) is 26.7 Å². The van der Waals surface area contributed by atoms with Crippen LogP contribution < -0.4 is 20.7 Å². The normalized spacial score (nSPS) is 25.7. The molecule has 1 aromatic rings. The van der Waals surface area contributed by atoms with E-state index in [0.29, 0.717) is 25.1 Å². The highest BCUT2D eigenvalue weighted by Crippen LogP contribution is 2.64. The van der Waals surface area contributed by atoms with Gasteiger partial charge < -0.3 is 25.6 Å². The van der Waals surface area contributed by atoms with Gasteiger partial charge in [0.25, 0.3) is 11.8 Å². The molecule has 5 atom stereocenters. The molecule has 10 nitrogen and oxygen atoms in total. The predicted molar refractivity (Wildman–Crippen MR) is 125 cm³/mol. The van der Waals surface area contributed by atoms with E-state index in [9.17, 15) is 37.1 Å². The molecule has 206 valence electrons. The predicted octanol–water partition coefficient (Wildman–Crippen LogP) is 0.292. The number of ketones is 1. The number of ether oxygens (including phenoxy) is 1. The van der Waals surface area contributed by atoms with Crippen LogP contribution in [0.3, 0.4) is 0 Å². The smallest absolute Gasteiger partial charge is 0.289 e. The van der Waals surface area contributed by atoms with Gasteiger partial charge in [-0.15, -0.1) is 0 Å². The monoisotopic (exact) mass is 538 g/mol. The van der Waals surface area contributed by atoms with Crippen molar-refractivity contribution in [3.8, 4) is 5.75 Å². The van der Waals surface area contributed by atoms with Crippen molar-refractivity contribution in [2.45, 2.75) is 38.8 Å². The summed E-state index contributed by atoms with van der Waals surface area (Å²) in [4.78, 5) is 64.6. The van der Waals surface area contributed by atoms with Crippen LogP contribution in [-0.4, -0.2) is 73.1 Å². The first-order valence-corrected chi connectivity index (χ1v) is 12.3. The maximum absolute atomic E-state index is 13.9. The van der Waals surface area contributed by atoms with Crippen LogP contribution in [0.1, 0.15) is 26.7 Å². The zero-order valence-electron chi connectivity index (χ0n) is 21.1. The Hall–Kier alpha value is -3.64. The highest BCUT2D eigenvalue weighted by atomic mass is 19.1. The second-order valence-corrected chi connectivity index (χ2v) is 10.4. The molecule has 3 aliphatic rings. The number of hydrogen-bond donors (Lipinski definition) is 3. The van der Waals surface area contributed by atoms with Crippen LogP contribution >= 0.6 is 0 Å². The average Bonchev–Trinajstić information content (AvgIpc) is 3.20. The van der Waals surface area contributed by atoms with Gasteiger partial charge in [-0.2, -0.15) is 0 Å². The molecular weight excluding hydrogens is 509 g/mol. The summed E-state index contributed by atoms with van der Waals surface area (Å²) in [5.74, 6) is -9.15. The van der Waals surface area contributed by atoms with E-state index in [1.807, 2.05) is 13.8 Å². The summed E-state index contributed by atoms with van der Waals surface area (Å²) in [5, 5.41) is 7.44. The fourth-order valence-corrected chi connectivity index (χ4v) is 5.65. The summed E-state index contributed by atoms with van der Waals surface area (Å²) in [6, 6.07) is -1.50. The van der Waals surface area contributed by atoms with Crippen LogP contribution in [-0.2, 0) is 24.0 Å². The minimum Gasteiger partial charge on any atom is -0.478 e. The van der Waals surface area contributed by atoms with Gasteiger partial charge >= 0.3 is 0 Å². The lowest BCUT2D eigenvalue weighted by molar-refractivity contribution is -0.144. The lowest BCUT2D eigenvalue weighted by Crippen LogP contribution is -2.56. The first-order chi connectivity index (χ1) is 17.9. The third-order valence-electron chi connectivity index (χ3n) is 7.87. The Morgan fingerprint density at radius 2 is 1.84 bits per heavy atom. The molecule has 0 aromatic heterocycles. The number of likely N-dealkylation sites (N-methyl/N-ethyl adjacent to an activating group) is 1. The second-order valence-electron chi connectivity index (χ2n) is 10.4. The SMILES string of the molecule is CNC(=O)C(=O)[C@H](C[C@@H]1CCNC1=O)NC(=O)[C@@H]1[C@@H]2C(CN1C(=O)COc1c(F)cc(F)cc1F)C2(C)C. The standard InChI is InChI=1S/C25H29F3N4O6/c1-25(2)13-9-32(17(33)10-38-21-14(27)7-12(26)8-15(21)28)19(18(13)25)23(36)31-16(20(34)24(37)29-3)6-11-4-5-30-22(11)35/h7-8,11,13,16,18-19H,4-6,9-10H2,1-3H3,(H,29,37)(H,30,35)(H,31,36)/t11-,13?,16-,18-,19-/m0/s1. The van der Waals surface area contributed by atoms with Crippen molar-refractivity contribution in [3.05, 3.63) is 29.6 Å². The van der Waals surface area contributed by atoms with Crippen LogP contribution in [0.4, 0.5) is 13.2 Å². The molecule has 2 saturated heterocycles. The number of Topliss-reactive ketones (excluding diaryl/α,β-unsaturated/α-hetero) is 1. The first kappa shape index (κ1) is 27.4. The molecule has 4 rings (SSSR count). The molecule has 2 heterocycles. The van der Waals surface area contributed by atoms with Gasteiger partial charge in [-0.25, -0.2) is 13.2 Å². The number of carbonyl (C=O) groups is 5. The topological polar surface area (TPSA) is 134 Å². The number of hydrogen-bond acceptors (Lipinski definition) is 6. The molecule has 0 bridgehead atoms. The molecule has 13 heteroatoms. The molecule has 38 heavy (non-hydrogen) atoms. The van der Waals surface area contributed by atoms with E-state index in [1.165, 1.54) is 11.9 Å². The number of rotatable bonds is 9. The van der Waals surface area contributed by atoms with Crippen LogP contribution in [0.25, 0.3) is 0 Å². The van der Waals surface area contributed by atoms with E-state index in [1.54, 1.807) is 0 Å². The van der Waals surface area contributed by atoms with E-state index in [2.05, 4.69) is 16.0 Å². The number of fused-ring (bicyclic) bond motifs is 1. The summed E-state index contributed by atoms with van der Waals surface area (Å²) >= 11 is 0. The summed E-state index contributed by atoms with van der Waals surface area (Å²) in [6.07, 6.45) is 0.347. The zero-order valence-corrected chi connectivity index (χ0v) is 21.1. The van der Waals surface area contributed by atoms with Gasteiger partial charge in [0.05, 0.1) is 6.04 Å².